The molecule has 3 heterocycles. The molecule has 28 heavy (non-hydrogen) atoms. The third kappa shape index (κ3) is 4.14. The van der Waals surface area contributed by atoms with Crippen molar-refractivity contribution < 1.29 is 22.5 Å². The van der Waals surface area contributed by atoms with Gasteiger partial charge in [-0.3, -0.25) is 0 Å². The first-order valence-electron chi connectivity index (χ1n) is 8.32. The normalized spacial score (nSPS) is 13.3. The fourth-order valence-electron chi connectivity index (χ4n) is 2.60. The van der Waals surface area contributed by atoms with Crippen LogP contribution in [-0.4, -0.2) is 26.8 Å². The average Bonchev–Trinajstić information content (AvgIpc) is 3.24. The largest absolute Gasteiger partial charge is 0.546 e. The van der Waals surface area contributed by atoms with Crippen molar-refractivity contribution in [2.75, 3.05) is 10.6 Å². The summed E-state index contributed by atoms with van der Waals surface area (Å²) in [6, 6.07) is 1.68. The zero-order chi connectivity index (χ0) is 20.6. The SMILES string of the molecule is Cc1cc([C@H](Nc2n[s+]([O-])nc2Nc2csc([SH](=O)=O)c2O)C(C)C)oc1C. The molecule has 3 N–H and O–H groups in total. The van der Waals surface area contributed by atoms with Crippen LogP contribution >= 0.6 is 22.5 Å². The predicted octanol–water partition coefficient (Wildman–Crippen LogP) is 3.70. The Morgan fingerprint density at radius 2 is 1.96 bits per heavy atom. The van der Waals surface area contributed by atoms with Gasteiger partial charge in [0.15, 0.2) is 31.8 Å². The number of aryl methyl sites for hydroxylation is 2. The van der Waals surface area contributed by atoms with Gasteiger partial charge in [0, 0.05) is 14.1 Å². The minimum Gasteiger partial charge on any atom is -0.546 e. The molecule has 0 aliphatic carbocycles. The number of rotatable bonds is 7. The van der Waals surface area contributed by atoms with E-state index in [0.717, 1.165) is 22.7 Å². The van der Waals surface area contributed by atoms with Crippen molar-refractivity contribution in [3.63, 3.8) is 0 Å². The van der Waals surface area contributed by atoms with Crippen molar-refractivity contribution in [3.05, 3.63) is 28.5 Å². The minimum atomic E-state index is -2.92. The topological polar surface area (TPSA) is 140 Å². The highest BCUT2D eigenvalue weighted by Crippen LogP contribution is 2.39. The number of aromatic nitrogens is 2. The number of thiophene rings is 1. The summed E-state index contributed by atoms with van der Waals surface area (Å²) >= 11 is -0.953. The summed E-state index contributed by atoms with van der Waals surface area (Å²) in [7, 11) is -2.92. The third-order valence-corrected chi connectivity index (χ3v) is 6.93. The maximum Gasteiger partial charge on any atom is 0.237 e. The molecule has 0 saturated heterocycles. The molecule has 152 valence electrons. The summed E-state index contributed by atoms with van der Waals surface area (Å²) in [5, 5.41) is 17.5. The first-order chi connectivity index (χ1) is 13.2. The number of hydrogen-bond acceptors (Lipinski definition) is 10. The van der Waals surface area contributed by atoms with Crippen molar-refractivity contribution in [1.29, 1.82) is 0 Å². The van der Waals surface area contributed by atoms with Gasteiger partial charge in [-0.1, -0.05) is 13.8 Å². The van der Waals surface area contributed by atoms with E-state index in [1.54, 1.807) is 0 Å². The maximum absolute atomic E-state index is 11.9. The Kier molecular flexibility index (Phi) is 5.93. The van der Waals surface area contributed by atoms with Gasteiger partial charge in [0.05, 0.1) is 11.7 Å². The lowest BCUT2D eigenvalue weighted by Crippen LogP contribution is -2.17. The van der Waals surface area contributed by atoms with Crippen LogP contribution < -0.4 is 10.6 Å². The standard InChI is InChI=1S/C16H20N4O5S3/c1-7(2)12(11-5-8(3)9(4)25-11)18-15-14(19-28(24)20-15)17-10-6-26-16(13(10)21)27(22)23/h5-7,12,21,27H,1-4H3,(H,17,19)(H,18,20)/t12-,28?/m1/s1. The fraction of sp³-hybridized carbons (Fsp3) is 0.375. The second kappa shape index (κ2) is 8.07. The van der Waals surface area contributed by atoms with Gasteiger partial charge in [-0.15, -0.1) is 11.3 Å². The molecule has 2 atom stereocenters. The molecule has 0 aromatic carbocycles. The summed E-state index contributed by atoms with van der Waals surface area (Å²) < 4.78 is 47.7. The molecule has 3 aromatic rings. The number of nitrogens with one attached hydrogen (secondary N) is 2. The Labute approximate surface area is 170 Å². The molecule has 9 nitrogen and oxygen atoms in total. The predicted molar refractivity (Wildman–Crippen MR) is 108 cm³/mol. The smallest absolute Gasteiger partial charge is 0.237 e. The first kappa shape index (κ1) is 20.6. The summed E-state index contributed by atoms with van der Waals surface area (Å²) in [6.07, 6.45) is 0. The van der Waals surface area contributed by atoms with E-state index in [2.05, 4.69) is 19.4 Å². The molecule has 12 heteroatoms. The lowest BCUT2D eigenvalue weighted by atomic mass is 10.0. The van der Waals surface area contributed by atoms with Gasteiger partial charge < -0.3 is 24.7 Å². The second-order valence-corrected chi connectivity index (χ2v) is 9.52. The van der Waals surface area contributed by atoms with Gasteiger partial charge in [0.2, 0.25) is 11.6 Å². The lowest BCUT2D eigenvalue weighted by Gasteiger charge is -2.19. The van der Waals surface area contributed by atoms with Gasteiger partial charge >= 0.3 is 0 Å². The molecule has 0 aliphatic heterocycles. The Morgan fingerprint density at radius 1 is 1.29 bits per heavy atom. The van der Waals surface area contributed by atoms with E-state index in [4.69, 9.17) is 4.42 Å². The van der Waals surface area contributed by atoms with E-state index >= 15 is 0 Å². The molecule has 0 aliphatic rings. The molecule has 0 radical (unpaired) electrons. The van der Waals surface area contributed by atoms with Crippen LogP contribution in [0.25, 0.3) is 0 Å². The van der Waals surface area contributed by atoms with Crippen LogP contribution in [0.3, 0.4) is 0 Å². The van der Waals surface area contributed by atoms with Crippen LogP contribution in [-0.2, 0) is 10.7 Å². The van der Waals surface area contributed by atoms with Gasteiger partial charge in [-0.05, 0) is 31.4 Å². The highest BCUT2D eigenvalue weighted by Gasteiger charge is 2.26. The number of nitrogens with zero attached hydrogens (tertiary/aromatic N) is 2. The van der Waals surface area contributed by atoms with E-state index in [1.165, 1.54) is 5.38 Å². The monoisotopic (exact) mass is 444 g/mol. The molecule has 0 saturated carbocycles. The van der Waals surface area contributed by atoms with Crippen LogP contribution in [0.4, 0.5) is 17.3 Å². The molecule has 3 rings (SSSR count). The van der Waals surface area contributed by atoms with Gasteiger partial charge in [0.25, 0.3) is 0 Å². The van der Waals surface area contributed by atoms with Crippen molar-refractivity contribution in [2.24, 2.45) is 5.92 Å². The molecule has 0 fully saturated rings. The summed E-state index contributed by atoms with van der Waals surface area (Å²) in [5.41, 5.74) is 1.17. The van der Waals surface area contributed by atoms with Gasteiger partial charge in [0.1, 0.15) is 11.5 Å². The molecule has 1 unspecified atom stereocenters. The van der Waals surface area contributed by atoms with E-state index in [0.29, 0.717) is 5.76 Å². The molecule has 0 amide bonds. The maximum atomic E-state index is 11.9. The van der Waals surface area contributed by atoms with Crippen LogP contribution in [0.2, 0.25) is 0 Å². The molecule has 3 aromatic heterocycles. The zero-order valence-corrected chi connectivity index (χ0v) is 18.1. The summed E-state index contributed by atoms with van der Waals surface area (Å²) in [5.74, 6) is 1.63. The molecular weight excluding hydrogens is 424 g/mol. The Balaban J connectivity index is 1.91. The number of thiol groups is 1. The highest BCUT2D eigenvalue weighted by molar-refractivity contribution is 7.75. The number of hydrogen-bond donors (Lipinski definition) is 4. The Hall–Kier alpha value is -2.15. The highest BCUT2D eigenvalue weighted by atomic mass is 32.2. The minimum absolute atomic E-state index is 0.119. The Bertz CT molecular complexity index is 1040. The van der Waals surface area contributed by atoms with Crippen molar-refractivity contribution in [1.82, 2.24) is 8.75 Å². The van der Waals surface area contributed by atoms with E-state index < -0.39 is 27.6 Å². The van der Waals surface area contributed by atoms with Crippen molar-refractivity contribution in [3.8, 4) is 5.75 Å². The molecule has 0 spiro atoms. The number of aromatic hydroxyl groups is 1. The van der Waals surface area contributed by atoms with E-state index in [1.807, 2.05) is 33.8 Å². The van der Waals surface area contributed by atoms with Crippen LogP contribution in [0.15, 0.2) is 20.1 Å². The second-order valence-electron chi connectivity index (χ2n) is 6.55. The van der Waals surface area contributed by atoms with Crippen LogP contribution in [0.1, 0.15) is 37.0 Å². The number of anilines is 3. The van der Waals surface area contributed by atoms with Gasteiger partial charge in [-0.25, -0.2) is 8.42 Å². The summed E-state index contributed by atoms with van der Waals surface area (Å²) in [4.78, 5) is 0. The number of furan rings is 1. The summed E-state index contributed by atoms with van der Waals surface area (Å²) in [6.45, 7) is 7.84. The van der Waals surface area contributed by atoms with Crippen molar-refractivity contribution in [2.45, 2.75) is 37.9 Å². The van der Waals surface area contributed by atoms with Gasteiger partial charge in [-0.2, -0.15) is 0 Å². The van der Waals surface area contributed by atoms with Crippen LogP contribution in [0.5, 0.6) is 5.75 Å². The molecular formula is C16H20N4O5S3. The fourth-order valence-corrected chi connectivity index (χ4v) is 4.64. The lowest BCUT2D eigenvalue weighted by molar-refractivity contribution is 0.407. The third-order valence-electron chi connectivity index (χ3n) is 4.18. The quantitative estimate of drug-likeness (QED) is 0.317. The Morgan fingerprint density at radius 3 is 2.50 bits per heavy atom. The van der Waals surface area contributed by atoms with E-state index in [-0.39, 0.29) is 33.5 Å². The first-order valence-corrected chi connectivity index (χ1v) is 11.4. The molecule has 0 bridgehead atoms. The van der Waals surface area contributed by atoms with E-state index in [9.17, 15) is 18.1 Å². The van der Waals surface area contributed by atoms with Crippen LogP contribution in [0, 0.1) is 19.8 Å². The zero-order valence-electron chi connectivity index (χ0n) is 15.5. The average molecular weight is 445 g/mol. The van der Waals surface area contributed by atoms with Crippen molar-refractivity contribution >= 4 is 50.5 Å².